The number of carbonyl (C=O) groups is 1. The molecular formula is C12H25ClN2O. The van der Waals surface area contributed by atoms with Gasteiger partial charge in [0, 0.05) is 19.1 Å². The van der Waals surface area contributed by atoms with Gasteiger partial charge in [-0.3, -0.25) is 4.79 Å². The fourth-order valence-corrected chi connectivity index (χ4v) is 2.32. The highest BCUT2D eigenvalue weighted by molar-refractivity contribution is 6.62. The Labute approximate surface area is 105 Å². The van der Waals surface area contributed by atoms with E-state index in [4.69, 9.17) is 11.6 Å². The van der Waals surface area contributed by atoms with E-state index in [9.17, 15) is 4.79 Å². The highest BCUT2D eigenvalue weighted by Crippen LogP contribution is 2.17. The standard InChI is InChI=1S/C10H19ClN2O.C2H6/c1-3-12(4-2)9-5-7-13(8-6-9)10(11)14;1-2/h9H,3-8H2,1-2H3;1-2H3. The second-order valence-corrected chi connectivity index (χ2v) is 4.02. The van der Waals surface area contributed by atoms with Crippen LogP contribution >= 0.6 is 11.6 Å². The van der Waals surface area contributed by atoms with Crippen LogP contribution in [0.3, 0.4) is 0 Å². The van der Waals surface area contributed by atoms with Crippen molar-refractivity contribution in [3.8, 4) is 0 Å². The van der Waals surface area contributed by atoms with Crippen molar-refractivity contribution in [2.45, 2.75) is 46.6 Å². The molecule has 1 aliphatic heterocycles. The zero-order valence-corrected chi connectivity index (χ0v) is 11.8. The first-order chi connectivity index (χ1) is 7.69. The van der Waals surface area contributed by atoms with Crippen molar-refractivity contribution in [3.63, 3.8) is 0 Å². The molecule has 0 aliphatic carbocycles. The fourth-order valence-electron chi connectivity index (χ4n) is 2.15. The van der Waals surface area contributed by atoms with E-state index in [1.54, 1.807) is 4.90 Å². The van der Waals surface area contributed by atoms with Crippen molar-refractivity contribution in [3.05, 3.63) is 0 Å². The normalized spacial score (nSPS) is 17.0. The molecule has 0 bridgehead atoms. The van der Waals surface area contributed by atoms with Gasteiger partial charge < -0.3 is 9.80 Å². The van der Waals surface area contributed by atoms with Crippen molar-refractivity contribution >= 4 is 17.0 Å². The SMILES string of the molecule is CC.CCN(CC)C1CCN(C(=O)Cl)CC1. The quantitative estimate of drug-likeness (QED) is 0.566. The predicted molar refractivity (Wildman–Crippen MR) is 70.1 cm³/mol. The zero-order valence-electron chi connectivity index (χ0n) is 11.0. The van der Waals surface area contributed by atoms with Crippen LogP contribution < -0.4 is 0 Å². The molecule has 0 saturated carbocycles. The van der Waals surface area contributed by atoms with Crippen molar-refractivity contribution < 1.29 is 4.79 Å². The van der Waals surface area contributed by atoms with Crippen LogP contribution in [0.1, 0.15) is 40.5 Å². The molecule has 1 fully saturated rings. The number of nitrogens with zero attached hydrogens (tertiary/aromatic N) is 2. The Bertz CT molecular complexity index is 187. The Morgan fingerprint density at radius 3 is 2.00 bits per heavy atom. The van der Waals surface area contributed by atoms with Crippen LogP contribution in [0.25, 0.3) is 0 Å². The van der Waals surface area contributed by atoms with Crippen LogP contribution in [-0.4, -0.2) is 47.4 Å². The average molecular weight is 249 g/mol. The molecular weight excluding hydrogens is 224 g/mol. The summed E-state index contributed by atoms with van der Waals surface area (Å²) in [5.74, 6) is 0. The van der Waals surface area contributed by atoms with E-state index in [1.807, 2.05) is 13.8 Å². The van der Waals surface area contributed by atoms with Crippen molar-refractivity contribution in [2.24, 2.45) is 0 Å². The Balaban J connectivity index is 0.00000106. The molecule has 1 aliphatic rings. The van der Waals surface area contributed by atoms with Gasteiger partial charge in [0.2, 0.25) is 0 Å². The number of carbonyl (C=O) groups excluding carboxylic acids is 1. The molecule has 4 heteroatoms. The summed E-state index contributed by atoms with van der Waals surface area (Å²) >= 11 is 5.43. The second kappa shape index (κ2) is 8.82. The average Bonchev–Trinajstić information content (AvgIpc) is 2.34. The molecule has 0 N–H and O–H groups in total. The Hall–Kier alpha value is -0.280. The van der Waals surface area contributed by atoms with Gasteiger partial charge in [-0.05, 0) is 37.5 Å². The smallest absolute Gasteiger partial charge is 0.316 e. The first-order valence-corrected chi connectivity index (χ1v) is 6.75. The molecule has 0 atom stereocenters. The number of hydrogen-bond acceptors (Lipinski definition) is 2. The number of piperidine rings is 1. The summed E-state index contributed by atoms with van der Waals surface area (Å²) in [4.78, 5) is 15.1. The maximum Gasteiger partial charge on any atom is 0.316 e. The molecule has 1 heterocycles. The topological polar surface area (TPSA) is 23.6 Å². The lowest BCUT2D eigenvalue weighted by Crippen LogP contribution is -2.45. The molecule has 0 aromatic rings. The van der Waals surface area contributed by atoms with Crippen molar-refractivity contribution in [2.75, 3.05) is 26.2 Å². The highest BCUT2D eigenvalue weighted by Gasteiger charge is 2.24. The van der Waals surface area contributed by atoms with Gasteiger partial charge in [-0.25, -0.2) is 0 Å². The van der Waals surface area contributed by atoms with Crippen molar-refractivity contribution in [1.29, 1.82) is 0 Å². The lowest BCUT2D eigenvalue weighted by molar-refractivity contribution is 0.133. The molecule has 1 rings (SSSR count). The lowest BCUT2D eigenvalue weighted by Gasteiger charge is -2.36. The number of likely N-dealkylation sites (tertiary alicyclic amines) is 1. The minimum absolute atomic E-state index is 0.303. The lowest BCUT2D eigenvalue weighted by atomic mass is 10.0. The molecule has 3 nitrogen and oxygen atoms in total. The minimum atomic E-state index is -0.303. The highest BCUT2D eigenvalue weighted by atomic mass is 35.5. The Morgan fingerprint density at radius 1 is 1.25 bits per heavy atom. The van der Waals surface area contributed by atoms with Crippen LogP contribution in [0.15, 0.2) is 0 Å². The van der Waals surface area contributed by atoms with Crippen LogP contribution in [0.4, 0.5) is 4.79 Å². The van der Waals surface area contributed by atoms with E-state index in [-0.39, 0.29) is 5.37 Å². The maximum atomic E-state index is 10.9. The first kappa shape index (κ1) is 15.7. The predicted octanol–water partition coefficient (Wildman–Crippen LogP) is 3.18. The second-order valence-electron chi connectivity index (χ2n) is 3.69. The van der Waals surface area contributed by atoms with Crippen LogP contribution in [-0.2, 0) is 0 Å². The van der Waals surface area contributed by atoms with Gasteiger partial charge in [0.05, 0.1) is 0 Å². The Kier molecular flexibility index (Phi) is 8.67. The van der Waals surface area contributed by atoms with Gasteiger partial charge in [-0.1, -0.05) is 27.7 Å². The number of hydrogen-bond donors (Lipinski definition) is 0. The maximum absolute atomic E-state index is 10.9. The third-order valence-electron chi connectivity index (χ3n) is 3.04. The van der Waals surface area contributed by atoms with Gasteiger partial charge in [0.25, 0.3) is 0 Å². The van der Waals surface area contributed by atoms with Crippen molar-refractivity contribution in [1.82, 2.24) is 9.80 Å². The van der Waals surface area contributed by atoms with Gasteiger partial charge in [-0.15, -0.1) is 0 Å². The van der Waals surface area contributed by atoms with Crippen LogP contribution in [0.2, 0.25) is 0 Å². The molecule has 0 aromatic carbocycles. The summed E-state index contributed by atoms with van der Waals surface area (Å²) in [5, 5.41) is -0.303. The van der Waals surface area contributed by atoms with E-state index in [2.05, 4.69) is 18.7 Å². The summed E-state index contributed by atoms with van der Waals surface area (Å²) in [6, 6.07) is 0.636. The summed E-state index contributed by atoms with van der Waals surface area (Å²) in [6.45, 7) is 12.2. The minimum Gasteiger partial charge on any atom is -0.329 e. The Morgan fingerprint density at radius 2 is 1.69 bits per heavy atom. The van der Waals surface area contributed by atoms with Gasteiger partial charge in [-0.2, -0.15) is 0 Å². The molecule has 0 unspecified atom stereocenters. The van der Waals surface area contributed by atoms with E-state index in [0.29, 0.717) is 6.04 Å². The van der Waals surface area contributed by atoms with Crippen LogP contribution in [0.5, 0.6) is 0 Å². The zero-order chi connectivity index (χ0) is 12.6. The first-order valence-electron chi connectivity index (χ1n) is 6.37. The van der Waals surface area contributed by atoms with E-state index in [1.165, 1.54) is 0 Å². The molecule has 1 saturated heterocycles. The fraction of sp³-hybridized carbons (Fsp3) is 0.917. The molecule has 0 spiro atoms. The summed E-state index contributed by atoms with van der Waals surface area (Å²) < 4.78 is 0. The van der Waals surface area contributed by atoms with E-state index < -0.39 is 0 Å². The van der Waals surface area contributed by atoms with E-state index in [0.717, 1.165) is 39.0 Å². The number of amides is 1. The third-order valence-corrected chi connectivity index (χ3v) is 3.28. The van der Waals surface area contributed by atoms with Crippen LogP contribution in [0, 0.1) is 0 Å². The number of halogens is 1. The molecule has 0 radical (unpaired) electrons. The van der Waals surface area contributed by atoms with Gasteiger partial charge in [0.1, 0.15) is 0 Å². The molecule has 16 heavy (non-hydrogen) atoms. The molecule has 1 amide bonds. The number of rotatable bonds is 3. The monoisotopic (exact) mass is 248 g/mol. The van der Waals surface area contributed by atoms with Gasteiger partial charge >= 0.3 is 5.37 Å². The summed E-state index contributed by atoms with van der Waals surface area (Å²) in [5.41, 5.74) is 0. The largest absolute Gasteiger partial charge is 0.329 e. The molecule has 96 valence electrons. The molecule has 0 aromatic heterocycles. The van der Waals surface area contributed by atoms with E-state index >= 15 is 0 Å². The summed E-state index contributed by atoms with van der Waals surface area (Å²) in [6.07, 6.45) is 2.11. The third kappa shape index (κ3) is 4.71. The van der Waals surface area contributed by atoms with Gasteiger partial charge in [0.15, 0.2) is 0 Å². The summed E-state index contributed by atoms with van der Waals surface area (Å²) in [7, 11) is 0.